The second-order valence-electron chi connectivity index (χ2n) is 12.6. The van der Waals surface area contributed by atoms with Gasteiger partial charge >= 0.3 is 88.3 Å². The molecule has 0 heterocycles. The lowest BCUT2D eigenvalue weighted by Crippen LogP contribution is -2.55. The van der Waals surface area contributed by atoms with Gasteiger partial charge in [0.15, 0.2) is 5.25 Å². The van der Waals surface area contributed by atoms with E-state index in [0.717, 1.165) is 0 Å². The van der Waals surface area contributed by atoms with E-state index in [0.29, 0.717) is 0 Å². The third kappa shape index (κ3) is 18.4. The number of carbonyl (C=O) groups is 3. The molecule has 5 unspecified atom stereocenters. The predicted octanol–water partition coefficient (Wildman–Crippen LogP) is 10.2. The van der Waals surface area contributed by atoms with E-state index in [-0.39, 0.29) is 0 Å². The minimum Gasteiger partial charge on any atom is -0.465 e. The van der Waals surface area contributed by atoms with Crippen molar-refractivity contribution in [2.75, 3.05) is 37.1 Å². The molecule has 1 N–H and O–H groups in total. The molecular formula is C27H20F30O12S4. The van der Waals surface area contributed by atoms with Crippen molar-refractivity contribution < 1.29 is 187 Å². The molecule has 0 rings (SSSR count). The zero-order valence-electron chi connectivity index (χ0n) is 33.2. The van der Waals surface area contributed by atoms with Crippen molar-refractivity contribution in [3.63, 3.8) is 0 Å². The van der Waals surface area contributed by atoms with Gasteiger partial charge in [-0.2, -0.15) is 127 Å². The van der Waals surface area contributed by atoms with Crippen LogP contribution in [0.2, 0.25) is 0 Å². The Hall–Kier alpha value is -2.85. The van der Waals surface area contributed by atoms with Gasteiger partial charge in [0.1, 0.15) is 19.8 Å². The van der Waals surface area contributed by atoms with Crippen LogP contribution in [0.3, 0.4) is 0 Å². The summed E-state index contributed by atoms with van der Waals surface area (Å²) in [6.45, 7) is -5.60. The molecule has 0 spiro atoms. The summed E-state index contributed by atoms with van der Waals surface area (Å²) in [5.41, 5.74) is 0. The maximum Gasteiger partial charge on any atom is 0.462 e. The summed E-state index contributed by atoms with van der Waals surface area (Å²) in [6, 6.07) is 0. The number of carbonyl (C=O) groups excluding carboxylic acids is 3. The van der Waals surface area contributed by atoms with Gasteiger partial charge in [-0.1, -0.05) is 35.3 Å². The minimum atomic E-state index is -7.36. The summed E-state index contributed by atoms with van der Waals surface area (Å²) in [5.74, 6) is -38.6. The van der Waals surface area contributed by atoms with Crippen molar-refractivity contribution >= 4 is 63.3 Å². The van der Waals surface area contributed by atoms with Crippen molar-refractivity contribution in [1.29, 1.82) is 0 Å². The molecular weight excluding hydrogens is 1210 g/mol. The van der Waals surface area contributed by atoms with Crippen molar-refractivity contribution in [1.82, 2.24) is 0 Å². The molecule has 434 valence electrons. The van der Waals surface area contributed by atoms with Crippen LogP contribution in [0.4, 0.5) is 132 Å². The van der Waals surface area contributed by atoms with E-state index in [1.165, 1.54) is 0 Å². The number of hydrogen-bond donors (Lipinski definition) is 1. The number of halogens is 30. The van der Waals surface area contributed by atoms with Gasteiger partial charge in [-0.3, -0.25) is 33.1 Å². The summed E-state index contributed by atoms with van der Waals surface area (Å²) in [7, 11) is -6.49. The molecule has 0 aromatic heterocycles. The molecule has 73 heavy (non-hydrogen) atoms. The molecule has 0 aromatic rings. The van der Waals surface area contributed by atoms with Crippen LogP contribution in [0.1, 0.15) is 6.42 Å². The first-order valence-corrected chi connectivity index (χ1v) is 21.4. The number of ether oxygens (including phenoxy) is 6. The standard InChI is InChI=1S/C27H20F30O12S4/c28-13(67-25(52,53)19(37,38)22(43,44)45)16(31,32)70-4-1-64-9(58)7-8(11(59)65-2-5-71-17(33,34)14(29)68-26(54,55)20(39,40)23(46,47)48)10(73(61,62)63)12(60)66-3-6-72-18(35,36)15(30)69-27(56,57)21(41,42)24(49,50)51/h8,10,13-15H,1-7H2,(H,61,62,63). The molecule has 0 aliphatic rings. The third-order valence-electron chi connectivity index (χ3n) is 7.20. The fraction of sp³-hybridized carbons (Fsp3) is 0.889. The van der Waals surface area contributed by atoms with Gasteiger partial charge in [-0.05, 0) is 0 Å². The number of thioether (sulfide) groups is 3. The lowest BCUT2D eigenvalue weighted by molar-refractivity contribution is -0.446. The molecule has 0 aliphatic heterocycles. The van der Waals surface area contributed by atoms with Gasteiger partial charge in [-0.25, -0.2) is 13.2 Å². The molecule has 0 saturated carbocycles. The van der Waals surface area contributed by atoms with E-state index in [1.54, 1.807) is 0 Å². The Morgan fingerprint density at radius 3 is 0.918 bits per heavy atom. The van der Waals surface area contributed by atoms with E-state index >= 15 is 0 Å². The zero-order valence-corrected chi connectivity index (χ0v) is 36.5. The highest BCUT2D eigenvalue weighted by Crippen LogP contribution is 2.52. The quantitative estimate of drug-likeness (QED) is 0.0238. The van der Waals surface area contributed by atoms with Crippen LogP contribution in [-0.2, 0) is 52.9 Å². The van der Waals surface area contributed by atoms with Gasteiger partial charge in [0.05, 0.1) is 12.3 Å². The molecule has 0 bridgehead atoms. The monoisotopic (exact) mass is 1230 g/mol. The molecule has 0 fully saturated rings. The van der Waals surface area contributed by atoms with Gasteiger partial charge < -0.3 is 14.2 Å². The molecule has 12 nitrogen and oxygen atoms in total. The van der Waals surface area contributed by atoms with Crippen molar-refractivity contribution in [3.05, 3.63) is 0 Å². The van der Waals surface area contributed by atoms with Crippen LogP contribution >= 0.6 is 35.3 Å². The van der Waals surface area contributed by atoms with Gasteiger partial charge in [0.2, 0.25) is 0 Å². The van der Waals surface area contributed by atoms with Crippen molar-refractivity contribution in [3.8, 4) is 0 Å². The molecule has 0 saturated heterocycles. The Kier molecular flexibility index (Phi) is 23.3. The Bertz CT molecular complexity index is 1950. The smallest absolute Gasteiger partial charge is 0.462 e. The summed E-state index contributed by atoms with van der Waals surface area (Å²) in [6.07, 6.45) is -60.6. The van der Waals surface area contributed by atoms with Crippen LogP contribution in [0.5, 0.6) is 0 Å². The highest BCUT2D eigenvalue weighted by Gasteiger charge is 2.78. The Morgan fingerprint density at radius 2 is 0.671 bits per heavy atom. The van der Waals surface area contributed by atoms with Gasteiger partial charge in [-0.15, -0.1) is 0 Å². The van der Waals surface area contributed by atoms with Crippen LogP contribution in [0.25, 0.3) is 0 Å². The molecule has 0 amide bonds. The second-order valence-corrected chi connectivity index (χ2v) is 17.9. The topological polar surface area (TPSA) is 161 Å². The van der Waals surface area contributed by atoms with Crippen LogP contribution in [-0.4, -0.2) is 163 Å². The Labute approximate surface area is 394 Å². The fourth-order valence-electron chi connectivity index (χ4n) is 3.72. The minimum absolute atomic E-state index is 1.43. The molecule has 0 radical (unpaired) electrons. The summed E-state index contributed by atoms with van der Waals surface area (Å²) in [5, 5.41) is -20.8. The Morgan fingerprint density at radius 1 is 0.425 bits per heavy atom. The maximum absolute atomic E-state index is 14.0. The molecule has 0 aromatic carbocycles. The summed E-state index contributed by atoms with van der Waals surface area (Å²) >= 11 is -4.43. The largest absolute Gasteiger partial charge is 0.465 e. The summed E-state index contributed by atoms with van der Waals surface area (Å²) < 4.78 is 444. The average molecular weight is 1230 g/mol. The average Bonchev–Trinajstić information content (AvgIpc) is 3.16. The van der Waals surface area contributed by atoms with E-state index in [2.05, 4.69) is 28.4 Å². The molecule has 46 heteroatoms. The van der Waals surface area contributed by atoms with Crippen molar-refractivity contribution in [2.24, 2.45) is 5.92 Å². The lowest BCUT2D eigenvalue weighted by Gasteiger charge is -2.30. The highest BCUT2D eigenvalue weighted by atomic mass is 32.2. The normalized spacial score (nSPS) is 16.9. The molecule has 0 aliphatic carbocycles. The number of hydrogen-bond acceptors (Lipinski definition) is 14. The predicted molar refractivity (Wildman–Crippen MR) is 174 cm³/mol. The van der Waals surface area contributed by atoms with E-state index in [1.807, 2.05) is 0 Å². The first-order valence-electron chi connectivity index (χ1n) is 16.9. The number of rotatable bonds is 30. The Balaban J connectivity index is 6.40. The van der Waals surface area contributed by atoms with Crippen LogP contribution in [0, 0.1) is 5.92 Å². The number of esters is 3. The first kappa shape index (κ1) is 70.1. The van der Waals surface area contributed by atoms with Gasteiger partial charge in [0, 0.05) is 17.3 Å². The van der Waals surface area contributed by atoms with E-state index in [9.17, 15) is 159 Å². The van der Waals surface area contributed by atoms with Crippen LogP contribution < -0.4 is 0 Å². The second kappa shape index (κ2) is 24.2. The first-order chi connectivity index (χ1) is 32.0. The van der Waals surface area contributed by atoms with E-state index < -0.39 is 207 Å². The third-order valence-corrected chi connectivity index (χ3v) is 11.2. The summed E-state index contributed by atoms with van der Waals surface area (Å²) in [4.78, 5) is 37.9. The highest BCUT2D eigenvalue weighted by molar-refractivity contribution is 8.00. The maximum atomic E-state index is 14.0. The SMILES string of the molecule is O=C(CC(C(=O)OCCSC(F)(F)C(F)OC(F)(F)C(F)(F)C(F)(F)F)C(C(=O)OCCSC(F)(F)C(F)OC(F)(F)C(F)(F)C(F)(F)F)S(=O)(=O)O)OCCSC(F)(F)C(F)OC(F)(F)C(F)(F)C(F)(F)F. The van der Waals surface area contributed by atoms with Gasteiger partial charge in [0.25, 0.3) is 29.2 Å². The van der Waals surface area contributed by atoms with Crippen molar-refractivity contribution in [2.45, 2.75) is 101 Å². The fourth-order valence-corrected chi connectivity index (χ4v) is 6.51. The number of alkyl halides is 30. The molecule has 5 atom stereocenters. The van der Waals surface area contributed by atoms with Crippen LogP contribution in [0.15, 0.2) is 0 Å². The zero-order chi connectivity index (χ0) is 58.4. The van der Waals surface area contributed by atoms with E-state index in [4.69, 9.17) is 0 Å². The lowest BCUT2D eigenvalue weighted by atomic mass is 10.0.